The fraction of sp³-hybridized carbons (Fsp3) is 0.250. The second kappa shape index (κ2) is 10.6. The zero-order valence-corrected chi connectivity index (χ0v) is 15.4. The van der Waals surface area contributed by atoms with Crippen molar-refractivity contribution < 1.29 is 19.1 Å². The van der Waals surface area contributed by atoms with Crippen LogP contribution in [0.25, 0.3) is 0 Å². The highest BCUT2D eigenvalue weighted by Crippen LogP contribution is 2.23. The molecule has 0 saturated carbocycles. The summed E-state index contributed by atoms with van der Waals surface area (Å²) in [6, 6.07) is 14.2. The van der Waals surface area contributed by atoms with Crippen LogP contribution in [-0.2, 0) is 9.59 Å². The number of carbonyl (C=O) groups excluding carboxylic acids is 2. The van der Waals surface area contributed by atoms with Crippen LogP contribution in [0.5, 0.6) is 11.5 Å². The third kappa shape index (κ3) is 6.47. The van der Waals surface area contributed by atoms with E-state index in [9.17, 15) is 9.59 Å². The number of rotatable bonds is 8. The largest absolute Gasteiger partial charge is 0.494 e. The fourth-order valence-electron chi connectivity index (χ4n) is 2.15. The molecule has 2 aromatic carbocycles. The van der Waals surface area contributed by atoms with Crippen molar-refractivity contribution in [2.24, 2.45) is 5.10 Å². The Balaban J connectivity index is 1.91. The molecule has 0 radical (unpaired) electrons. The number of amides is 2. The Morgan fingerprint density at radius 1 is 1.04 bits per heavy atom. The van der Waals surface area contributed by atoms with Gasteiger partial charge in [0.15, 0.2) is 0 Å². The summed E-state index contributed by atoms with van der Waals surface area (Å²) >= 11 is 0. The molecule has 0 unspecified atom stereocenters. The molecule has 0 bridgehead atoms. The minimum Gasteiger partial charge on any atom is -0.494 e. The van der Waals surface area contributed by atoms with Gasteiger partial charge < -0.3 is 14.8 Å². The van der Waals surface area contributed by atoms with Crippen molar-refractivity contribution in [1.29, 1.82) is 0 Å². The summed E-state index contributed by atoms with van der Waals surface area (Å²) in [6.07, 6.45) is 2.36. The van der Waals surface area contributed by atoms with Gasteiger partial charge in [-0.3, -0.25) is 9.59 Å². The van der Waals surface area contributed by atoms with Crippen LogP contribution in [-0.4, -0.2) is 31.2 Å². The highest BCUT2D eigenvalue weighted by Gasteiger charge is 2.15. The Morgan fingerprint density at radius 2 is 1.85 bits per heavy atom. The zero-order chi connectivity index (χ0) is 19.5. The van der Waals surface area contributed by atoms with E-state index in [1.165, 1.54) is 6.21 Å². The van der Waals surface area contributed by atoms with Gasteiger partial charge in [0.25, 0.3) is 0 Å². The first kappa shape index (κ1) is 20.0. The second-order valence-electron chi connectivity index (χ2n) is 5.50. The maximum absolute atomic E-state index is 12.0. The van der Waals surface area contributed by atoms with Gasteiger partial charge in [0, 0.05) is 0 Å². The average molecular weight is 369 g/mol. The Kier molecular flexibility index (Phi) is 7.84. The lowest BCUT2D eigenvalue weighted by molar-refractivity contribution is -0.136. The SMILES string of the molecule is CCCOc1cccc(/C=N\NC(=O)C(=O)Nc2ccccc2OCC)c1. The number of nitrogens with zero attached hydrogens (tertiary/aromatic N) is 1. The van der Waals surface area contributed by atoms with Crippen LogP contribution in [0.4, 0.5) is 5.69 Å². The molecule has 0 aromatic heterocycles. The Labute approximate surface area is 158 Å². The molecule has 2 amide bonds. The quantitative estimate of drug-likeness (QED) is 0.425. The maximum atomic E-state index is 12.0. The number of nitrogens with one attached hydrogen (secondary N) is 2. The van der Waals surface area contributed by atoms with Gasteiger partial charge in [-0.1, -0.05) is 31.2 Å². The predicted molar refractivity (Wildman–Crippen MR) is 104 cm³/mol. The van der Waals surface area contributed by atoms with E-state index in [0.717, 1.165) is 17.7 Å². The first-order valence-corrected chi connectivity index (χ1v) is 8.73. The number of para-hydroxylation sites is 2. The van der Waals surface area contributed by atoms with E-state index in [1.54, 1.807) is 30.3 Å². The van der Waals surface area contributed by atoms with E-state index in [1.807, 2.05) is 32.0 Å². The molecule has 2 N–H and O–H groups in total. The smallest absolute Gasteiger partial charge is 0.329 e. The minimum absolute atomic E-state index is 0.421. The number of hydrazone groups is 1. The molecule has 0 heterocycles. The molecule has 0 spiro atoms. The first-order valence-electron chi connectivity index (χ1n) is 8.73. The third-order valence-electron chi connectivity index (χ3n) is 3.35. The molecule has 0 fully saturated rings. The van der Waals surface area contributed by atoms with Crippen molar-refractivity contribution in [3.05, 3.63) is 54.1 Å². The van der Waals surface area contributed by atoms with E-state index in [-0.39, 0.29) is 0 Å². The molecular weight excluding hydrogens is 346 g/mol. The lowest BCUT2D eigenvalue weighted by atomic mass is 10.2. The van der Waals surface area contributed by atoms with Crippen molar-refractivity contribution in [2.45, 2.75) is 20.3 Å². The van der Waals surface area contributed by atoms with Gasteiger partial charge in [-0.15, -0.1) is 0 Å². The summed E-state index contributed by atoms with van der Waals surface area (Å²) in [5.41, 5.74) is 3.36. The summed E-state index contributed by atoms with van der Waals surface area (Å²) in [7, 11) is 0. The number of hydrogen-bond acceptors (Lipinski definition) is 5. The van der Waals surface area contributed by atoms with E-state index < -0.39 is 11.8 Å². The Morgan fingerprint density at radius 3 is 2.63 bits per heavy atom. The zero-order valence-electron chi connectivity index (χ0n) is 15.4. The highest BCUT2D eigenvalue weighted by molar-refractivity contribution is 6.39. The van der Waals surface area contributed by atoms with Crippen LogP contribution in [0, 0.1) is 0 Å². The van der Waals surface area contributed by atoms with Crippen LogP contribution in [0.3, 0.4) is 0 Å². The van der Waals surface area contributed by atoms with Crippen LogP contribution in [0.15, 0.2) is 53.6 Å². The lowest BCUT2D eigenvalue weighted by Crippen LogP contribution is -2.32. The number of benzene rings is 2. The van der Waals surface area contributed by atoms with E-state index in [4.69, 9.17) is 9.47 Å². The second-order valence-corrected chi connectivity index (χ2v) is 5.50. The summed E-state index contributed by atoms with van der Waals surface area (Å²) in [5.74, 6) is -0.499. The van der Waals surface area contributed by atoms with Crippen LogP contribution in [0.1, 0.15) is 25.8 Å². The summed E-state index contributed by atoms with van der Waals surface area (Å²) in [6.45, 7) is 4.94. The number of carbonyl (C=O) groups is 2. The number of hydrogen-bond donors (Lipinski definition) is 2. The van der Waals surface area contributed by atoms with E-state index in [2.05, 4.69) is 15.8 Å². The molecule has 0 aliphatic heterocycles. The Hall–Kier alpha value is -3.35. The maximum Gasteiger partial charge on any atom is 0.329 e. The van der Waals surface area contributed by atoms with Crippen LogP contribution >= 0.6 is 0 Å². The first-order chi connectivity index (χ1) is 13.1. The molecule has 0 atom stereocenters. The number of anilines is 1. The molecule has 0 aliphatic rings. The van der Waals surface area contributed by atoms with Gasteiger partial charge in [-0.05, 0) is 43.2 Å². The van der Waals surface area contributed by atoms with Crippen molar-refractivity contribution in [2.75, 3.05) is 18.5 Å². The van der Waals surface area contributed by atoms with Gasteiger partial charge in [-0.2, -0.15) is 5.10 Å². The van der Waals surface area contributed by atoms with Gasteiger partial charge in [0.05, 0.1) is 25.1 Å². The molecule has 7 heteroatoms. The topological polar surface area (TPSA) is 89.0 Å². The van der Waals surface area contributed by atoms with Gasteiger partial charge >= 0.3 is 11.8 Å². The minimum atomic E-state index is -0.879. The highest BCUT2D eigenvalue weighted by atomic mass is 16.5. The molecular formula is C20H23N3O4. The van der Waals surface area contributed by atoms with Gasteiger partial charge in [0.2, 0.25) is 0 Å². The molecule has 7 nitrogen and oxygen atoms in total. The number of ether oxygens (including phenoxy) is 2. The molecule has 0 aliphatic carbocycles. The molecule has 0 saturated heterocycles. The van der Waals surface area contributed by atoms with Crippen molar-refractivity contribution in [3.63, 3.8) is 0 Å². The molecule has 2 rings (SSSR count). The monoisotopic (exact) mass is 369 g/mol. The fourth-order valence-corrected chi connectivity index (χ4v) is 2.15. The van der Waals surface area contributed by atoms with E-state index >= 15 is 0 Å². The van der Waals surface area contributed by atoms with Crippen LogP contribution in [0.2, 0.25) is 0 Å². The predicted octanol–water partition coefficient (Wildman–Crippen LogP) is 2.96. The van der Waals surface area contributed by atoms with E-state index in [0.29, 0.717) is 24.7 Å². The summed E-state index contributed by atoms with van der Waals surface area (Å²) in [5, 5.41) is 6.32. The third-order valence-corrected chi connectivity index (χ3v) is 3.35. The standard InChI is InChI=1S/C20H23N3O4/c1-3-12-27-16-9-7-8-15(13-16)14-21-23-20(25)19(24)22-17-10-5-6-11-18(17)26-4-2/h5-11,13-14H,3-4,12H2,1-2H3,(H,22,24)(H,23,25)/b21-14-. The van der Waals surface area contributed by atoms with Gasteiger partial charge in [-0.25, -0.2) is 5.43 Å². The summed E-state index contributed by atoms with van der Waals surface area (Å²) in [4.78, 5) is 23.9. The summed E-state index contributed by atoms with van der Waals surface area (Å²) < 4.78 is 10.9. The van der Waals surface area contributed by atoms with Crippen molar-refractivity contribution in [1.82, 2.24) is 5.43 Å². The Bertz CT molecular complexity index is 805. The molecule has 142 valence electrons. The normalized spacial score (nSPS) is 10.4. The van der Waals surface area contributed by atoms with Crippen molar-refractivity contribution in [3.8, 4) is 11.5 Å². The molecule has 27 heavy (non-hydrogen) atoms. The molecule has 2 aromatic rings. The van der Waals surface area contributed by atoms with Crippen LogP contribution < -0.4 is 20.2 Å². The van der Waals surface area contributed by atoms with Gasteiger partial charge in [0.1, 0.15) is 11.5 Å². The lowest BCUT2D eigenvalue weighted by Gasteiger charge is -2.10. The van der Waals surface area contributed by atoms with Crippen molar-refractivity contribution >= 4 is 23.7 Å². The average Bonchev–Trinajstić information content (AvgIpc) is 2.68.